The third-order valence-corrected chi connectivity index (χ3v) is 3.48. The van der Waals surface area contributed by atoms with Crippen molar-refractivity contribution in [3.05, 3.63) is 29.3 Å². The molecule has 18 heavy (non-hydrogen) atoms. The van der Waals surface area contributed by atoms with Gasteiger partial charge in [-0.05, 0) is 46.5 Å². The number of ether oxygens (including phenoxy) is 1. The van der Waals surface area contributed by atoms with E-state index in [1.807, 2.05) is 39.2 Å². The molecule has 0 saturated carbocycles. The summed E-state index contributed by atoms with van der Waals surface area (Å²) in [5, 5.41) is 0. The Morgan fingerprint density at radius 2 is 2.00 bits per heavy atom. The third-order valence-electron chi connectivity index (χ3n) is 3.26. The Balaban J connectivity index is 2.95. The van der Waals surface area contributed by atoms with Crippen LogP contribution in [-0.2, 0) is 0 Å². The lowest BCUT2D eigenvalue weighted by Gasteiger charge is -2.32. The number of benzene rings is 1. The van der Waals surface area contributed by atoms with Gasteiger partial charge in [0, 0.05) is 5.54 Å². The molecule has 0 unspecified atom stereocenters. The molecule has 0 atom stereocenters. The lowest BCUT2D eigenvalue weighted by Crippen LogP contribution is -2.43. The third kappa shape index (κ3) is 3.43. The molecular weight excluding hydrogens is 244 g/mol. The van der Waals surface area contributed by atoms with Crippen molar-refractivity contribution >= 4 is 17.2 Å². The second-order valence-corrected chi connectivity index (χ2v) is 5.75. The molecule has 4 heteroatoms. The predicted octanol–water partition coefficient (Wildman–Crippen LogP) is 2.35. The summed E-state index contributed by atoms with van der Waals surface area (Å²) in [6.45, 7) is 6.84. The number of aryl methyl sites for hydroxylation is 1. The SMILES string of the molecule is Cc1cccc(C(N)=S)c1OCC(C)(C)N(C)C. The van der Waals surface area contributed by atoms with Crippen molar-refractivity contribution in [1.29, 1.82) is 0 Å². The van der Waals surface area contributed by atoms with Crippen LogP contribution in [0.1, 0.15) is 25.0 Å². The van der Waals surface area contributed by atoms with Gasteiger partial charge >= 0.3 is 0 Å². The second-order valence-electron chi connectivity index (χ2n) is 5.31. The summed E-state index contributed by atoms with van der Waals surface area (Å²) in [7, 11) is 4.07. The van der Waals surface area contributed by atoms with E-state index in [1.165, 1.54) is 0 Å². The van der Waals surface area contributed by atoms with Crippen molar-refractivity contribution in [2.45, 2.75) is 26.3 Å². The number of para-hydroxylation sites is 1. The Kier molecular flexibility index (Phi) is 4.71. The van der Waals surface area contributed by atoms with Crippen LogP contribution >= 0.6 is 12.2 Å². The van der Waals surface area contributed by atoms with Crippen LogP contribution in [-0.4, -0.2) is 36.1 Å². The minimum atomic E-state index is -0.0459. The van der Waals surface area contributed by atoms with Crippen molar-refractivity contribution in [1.82, 2.24) is 4.90 Å². The van der Waals surface area contributed by atoms with Crippen molar-refractivity contribution in [3.8, 4) is 5.75 Å². The number of nitrogens with two attached hydrogens (primary N) is 1. The zero-order valence-corrected chi connectivity index (χ0v) is 12.6. The predicted molar refractivity (Wildman–Crippen MR) is 80.3 cm³/mol. The molecule has 0 amide bonds. The van der Waals surface area contributed by atoms with Gasteiger partial charge in [-0.3, -0.25) is 0 Å². The minimum Gasteiger partial charge on any atom is -0.491 e. The van der Waals surface area contributed by atoms with Gasteiger partial charge < -0.3 is 15.4 Å². The van der Waals surface area contributed by atoms with Gasteiger partial charge in [0.15, 0.2) is 0 Å². The maximum Gasteiger partial charge on any atom is 0.132 e. The molecule has 0 fully saturated rings. The standard InChI is InChI=1S/C14H22N2OS/c1-10-7-6-8-11(13(15)18)12(10)17-9-14(2,3)16(4)5/h6-8H,9H2,1-5H3,(H2,15,18). The molecule has 0 aromatic heterocycles. The van der Waals surface area contributed by atoms with E-state index >= 15 is 0 Å². The summed E-state index contributed by atoms with van der Waals surface area (Å²) in [5.74, 6) is 0.792. The van der Waals surface area contributed by atoms with E-state index in [0.717, 1.165) is 16.9 Å². The van der Waals surface area contributed by atoms with Gasteiger partial charge in [-0.15, -0.1) is 0 Å². The fourth-order valence-corrected chi connectivity index (χ4v) is 1.58. The van der Waals surface area contributed by atoms with E-state index < -0.39 is 0 Å². The van der Waals surface area contributed by atoms with Crippen LogP contribution in [0.3, 0.4) is 0 Å². The molecule has 100 valence electrons. The lowest BCUT2D eigenvalue weighted by atomic mass is 10.1. The average molecular weight is 266 g/mol. The maximum absolute atomic E-state index is 5.95. The summed E-state index contributed by atoms with van der Waals surface area (Å²) in [6.07, 6.45) is 0. The van der Waals surface area contributed by atoms with E-state index in [0.29, 0.717) is 11.6 Å². The zero-order chi connectivity index (χ0) is 13.9. The van der Waals surface area contributed by atoms with Crippen molar-refractivity contribution in [3.63, 3.8) is 0 Å². The number of thiocarbonyl (C=S) groups is 1. The largest absolute Gasteiger partial charge is 0.491 e. The number of rotatable bonds is 5. The van der Waals surface area contributed by atoms with Gasteiger partial charge in [0.2, 0.25) is 0 Å². The lowest BCUT2D eigenvalue weighted by molar-refractivity contribution is 0.113. The molecule has 0 bridgehead atoms. The highest BCUT2D eigenvalue weighted by Gasteiger charge is 2.22. The first-order valence-corrected chi connectivity index (χ1v) is 6.36. The Hall–Kier alpha value is -1.13. The molecule has 2 N–H and O–H groups in total. The van der Waals surface area contributed by atoms with Crippen molar-refractivity contribution in [2.75, 3.05) is 20.7 Å². The highest BCUT2D eigenvalue weighted by Crippen LogP contribution is 2.25. The number of hydrogen-bond acceptors (Lipinski definition) is 3. The summed E-state index contributed by atoms with van der Waals surface area (Å²) in [4.78, 5) is 2.50. The van der Waals surface area contributed by atoms with Gasteiger partial charge in [0.05, 0.1) is 5.56 Å². The van der Waals surface area contributed by atoms with Crippen LogP contribution in [0.15, 0.2) is 18.2 Å². The van der Waals surface area contributed by atoms with Crippen LogP contribution in [0.2, 0.25) is 0 Å². The molecule has 0 spiro atoms. The number of likely N-dealkylation sites (N-methyl/N-ethyl adjacent to an activating group) is 1. The van der Waals surface area contributed by atoms with E-state index in [4.69, 9.17) is 22.7 Å². The Labute approximate surface area is 115 Å². The summed E-state index contributed by atoms with van der Waals surface area (Å²) in [5.41, 5.74) is 7.53. The van der Waals surface area contributed by atoms with Gasteiger partial charge in [0.1, 0.15) is 17.3 Å². The van der Waals surface area contributed by atoms with E-state index in [9.17, 15) is 0 Å². The fourth-order valence-electron chi connectivity index (χ4n) is 1.42. The molecule has 1 aromatic rings. The Morgan fingerprint density at radius 1 is 1.39 bits per heavy atom. The molecule has 0 aliphatic rings. The van der Waals surface area contributed by atoms with Crippen LogP contribution in [0.4, 0.5) is 0 Å². The van der Waals surface area contributed by atoms with Crippen LogP contribution < -0.4 is 10.5 Å². The van der Waals surface area contributed by atoms with Crippen LogP contribution in [0.25, 0.3) is 0 Å². The van der Waals surface area contributed by atoms with Crippen LogP contribution in [0, 0.1) is 6.92 Å². The second kappa shape index (κ2) is 5.67. The van der Waals surface area contributed by atoms with E-state index in [2.05, 4.69) is 18.7 Å². The summed E-state index contributed by atoms with van der Waals surface area (Å²) >= 11 is 5.06. The van der Waals surface area contributed by atoms with Crippen molar-refractivity contribution < 1.29 is 4.74 Å². The molecule has 1 aromatic carbocycles. The molecule has 3 nitrogen and oxygen atoms in total. The first-order valence-electron chi connectivity index (χ1n) is 5.95. The monoisotopic (exact) mass is 266 g/mol. The van der Waals surface area contributed by atoms with Crippen molar-refractivity contribution in [2.24, 2.45) is 5.73 Å². The summed E-state index contributed by atoms with van der Waals surface area (Å²) in [6, 6.07) is 5.83. The number of nitrogens with zero attached hydrogens (tertiary/aromatic N) is 1. The van der Waals surface area contributed by atoms with Crippen LogP contribution in [0.5, 0.6) is 5.75 Å². The quantitative estimate of drug-likeness (QED) is 0.830. The molecule has 1 rings (SSSR count). The number of hydrogen-bond donors (Lipinski definition) is 1. The topological polar surface area (TPSA) is 38.5 Å². The smallest absolute Gasteiger partial charge is 0.132 e. The Bertz CT molecular complexity index is 441. The molecule has 0 saturated heterocycles. The highest BCUT2D eigenvalue weighted by molar-refractivity contribution is 7.80. The molecule has 0 aliphatic heterocycles. The van der Waals surface area contributed by atoms with E-state index in [-0.39, 0.29) is 5.54 Å². The maximum atomic E-state index is 5.95. The highest BCUT2D eigenvalue weighted by atomic mass is 32.1. The molecule has 0 heterocycles. The molecule has 0 aliphatic carbocycles. The molecule has 0 radical (unpaired) electrons. The van der Waals surface area contributed by atoms with Gasteiger partial charge in [-0.1, -0.05) is 24.4 Å². The normalized spacial score (nSPS) is 11.7. The van der Waals surface area contributed by atoms with Gasteiger partial charge in [-0.25, -0.2) is 0 Å². The first kappa shape index (κ1) is 14.9. The summed E-state index contributed by atoms with van der Waals surface area (Å²) < 4.78 is 5.95. The average Bonchev–Trinajstić information content (AvgIpc) is 2.26. The minimum absolute atomic E-state index is 0.0459. The van der Waals surface area contributed by atoms with Gasteiger partial charge in [0.25, 0.3) is 0 Å². The Morgan fingerprint density at radius 3 is 2.50 bits per heavy atom. The van der Waals surface area contributed by atoms with Gasteiger partial charge in [-0.2, -0.15) is 0 Å². The fraction of sp³-hybridized carbons (Fsp3) is 0.500. The van der Waals surface area contributed by atoms with E-state index in [1.54, 1.807) is 0 Å². The zero-order valence-electron chi connectivity index (χ0n) is 11.8. The molecular formula is C14H22N2OS. The first-order chi connectivity index (χ1) is 8.25.